The summed E-state index contributed by atoms with van der Waals surface area (Å²) in [4.78, 5) is 37.0. The number of aliphatic hydroxyl groups excluding tert-OH is 4. The van der Waals surface area contributed by atoms with E-state index in [1.807, 2.05) is 0 Å². The lowest BCUT2D eigenvalue weighted by Crippen LogP contribution is -2.28. The number of hydrogen-bond donors (Lipinski definition) is 4. The number of carbonyl (C=O) groups excluding carboxylic acids is 3. The molecule has 1 saturated carbocycles. The molecule has 9 nitrogen and oxygen atoms in total. The Balaban J connectivity index is 2.18. The first-order valence-electron chi connectivity index (χ1n) is 18.8. The van der Waals surface area contributed by atoms with E-state index in [0.717, 1.165) is 44.4 Å². The third kappa shape index (κ3) is 21.7. The van der Waals surface area contributed by atoms with Gasteiger partial charge < -0.3 is 29.9 Å². The van der Waals surface area contributed by atoms with E-state index in [4.69, 9.17) is 9.47 Å². The SMILES string of the molecule is CCCCC[C@H](O)/C=C/[C@@H]1[C@@H](CC(=O)CCCCC(=O)OC[C@H](CO)OC(=O)CCCCCCCCCCCC(C)C)[C@@H](O)C[C@H]1O. The zero-order chi connectivity index (χ0) is 34.9. The largest absolute Gasteiger partial charge is 0.462 e. The lowest BCUT2D eigenvalue weighted by molar-refractivity contribution is -0.161. The lowest BCUT2D eigenvalue weighted by Gasteiger charge is -2.20. The van der Waals surface area contributed by atoms with Crippen LogP contribution in [-0.2, 0) is 23.9 Å². The van der Waals surface area contributed by atoms with Crippen LogP contribution in [0.4, 0.5) is 0 Å². The number of hydrogen-bond acceptors (Lipinski definition) is 9. The van der Waals surface area contributed by atoms with Crippen molar-refractivity contribution in [2.75, 3.05) is 13.2 Å². The summed E-state index contributed by atoms with van der Waals surface area (Å²) < 4.78 is 10.5. The van der Waals surface area contributed by atoms with Gasteiger partial charge in [-0.15, -0.1) is 0 Å². The lowest BCUT2D eigenvalue weighted by atomic mass is 9.87. The first-order valence-corrected chi connectivity index (χ1v) is 18.8. The Kier molecular flexibility index (Phi) is 24.9. The van der Waals surface area contributed by atoms with Crippen LogP contribution in [0.15, 0.2) is 12.2 Å². The van der Waals surface area contributed by atoms with Crippen LogP contribution >= 0.6 is 0 Å². The molecule has 0 aromatic rings. The van der Waals surface area contributed by atoms with Gasteiger partial charge in [-0.25, -0.2) is 0 Å². The smallest absolute Gasteiger partial charge is 0.306 e. The quantitative estimate of drug-likeness (QED) is 0.0385. The number of esters is 2. The molecule has 1 fully saturated rings. The Morgan fingerprint density at radius 3 is 1.98 bits per heavy atom. The highest BCUT2D eigenvalue weighted by molar-refractivity contribution is 5.79. The molecule has 0 radical (unpaired) electrons. The monoisotopic (exact) mass is 668 g/mol. The van der Waals surface area contributed by atoms with Crippen molar-refractivity contribution in [3.63, 3.8) is 0 Å². The van der Waals surface area contributed by atoms with E-state index in [1.165, 1.54) is 44.9 Å². The molecule has 4 N–H and O–H groups in total. The van der Waals surface area contributed by atoms with Gasteiger partial charge in [-0.1, -0.05) is 110 Å². The Hall–Kier alpha value is -1.81. The van der Waals surface area contributed by atoms with Crippen LogP contribution in [0.3, 0.4) is 0 Å². The maximum Gasteiger partial charge on any atom is 0.306 e. The van der Waals surface area contributed by atoms with Gasteiger partial charge in [0.2, 0.25) is 0 Å². The molecule has 274 valence electrons. The Bertz CT molecular complexity index is 858. The highest BCUT2D eigenvalue weighted by Gasteiger charge is 2.41. The zero-order valence-electron chi connectivity index (χ0n) is 29.8. The van der Waals surface area contributed by atoms with E-state index in [0.29, 0.717) is 19.3 Å². The van der Waals surface area contributed by atoms with Crippen molar-refractivity contribution in [2.24, 2.45) is 17.8 Å². The second kappa shape index (κ2) is 27.1. The van der Waals surface area contributed by atoms with E-state index in [2.05, 4.69) is 20.8 Å². The van der Waals surface area contributed by atoms with Crippen LogP contribution in [0.2, 0.25) is 0 Å². The van der Waals surface area contributed by atoms with Gasteiger partial charge in [-0.2, -0.15) is 0 Å². The Morgan fingerprint density at radius 1 is 0.766 bits per heavy atom. The number of unbranched alkanes of at least 4 members (excludes halogenated alkanes) is 11. The van der Waals surface area contributed by atoms with Crippen LogP contribution in [0.1, 0.15) is 156 Å². The Morgan fingerprint density at radius 2 is 1.34 bits per heavy atom. The summed E-state index contributed by atoms with van der Waals surface area (Å²) in [5, 5.41) is 40.6. The van der Waals surface area contributed by atoms with Crippen molar-refractivity contribution in [3.05, 3.63) is 12.2 Å². The van der Waals surface area contributed by atoms with Gasteiger partial charge in [0.15, 0.2) is 6.10 Å². The number of Topliss-reactive ketones (excluding diaryl/α,β-unsaturated/α-hetero) is 1. The Labute approximate surface area is 284 Å². The first kappa shape index (κ1) is 43.2. The molecule has 6 atom stereocenters. The standard InChI is InChI=1S/C38H68O9/c1-4-5-13-19-30(40)23-24-33-34(36(43)26-35(33)42)25-31(41)20-16-17-21-37(44)46-28-32(27-39)47-38(45)22-15-12-10-8-6-7-9-11-14-18-29(2)3/h23-24,29-30,32-36,39-40,42-43H,4-22,25-28H2,1-3H3/b24-23+/t30-,32-,33+,34+,35+,36-/m0/s1. The predicted molar refractivity (Wildman–Crippen MR) is 185 cm³/mol. The molecule has 0 saturated heterocycles. The molecule has 0 amide bonds. The average molecular weight is 669 g/mol. The normalized spacial score (nSPS) is 20.9. The highest BCUT2D eigenvalue weighted by Crippen LogP contribution is 2.36. The second-order valence-corrected chi connectivity index (χ2v) is 14.1. The van der Waals surface area contributed by atoms with Crippen LogP contribution < -0.4 is 0 Å². The molecule has 0 bridgehead atoms. The van der Waals surface area contributed by atoms with Crippen LogP contribution in [0, 0.1) is 17.8 Å². The molecule has 9 heteroatoms. The van der Waals surface area contributed by atoms with Crippen LogP contribution in [-0.4, -0.2) is 75.8 Å². The molecule has 0 unspecified atom stereocenters. The van der Waals surface area contributed by atoms with Crippen molar-refractivity contribution < 1.29 is 44.3 Å². The third-order valence-corrected chi connectivity index (χ3v) is 9.22. The van der Waals surface area contributed by atoms with Gasteiger partial charge in [0.05, 0.1) is 24.9 Å². The summed E-state index contributed by atoms with van der Waals surface area (Å²) in [6, 6.07) is 0. The first-order chi connectivity index (χ1) is 22.6. The summed E-state index contributed by atoms with van der Waals surface area (Å²) in [5.41, 5.74) is 0. The molecule has 1 aliphatic rings. The minimum Gasteiger partial charge on any atom is -0.462 e. The van der Waals surface area contributed by atoms with E-state index in [9.17, 15) is 34.8 Å². The van der Waals surface area contributed by atoms with Crippen molar-refractivity contribution in [3.8, 4) is 0 Å². The summed E-state index contributed by atoms with van der Waals surface area (Å²) >= 11 is 0. The fourth-order valence-corrected chi connectivity index (χ4v) is 6.26. The average Bonchev–Trinajstić information content (AvgIpc) is 3.29. The van der Waals surface area contributed by atoms with Crippen molar-refractivity contribution >= 4 is 17.7 Å². The highest BCUT2D eigenvalue weighted by atomic mass is 16.6. The maximum absolute atomic E-state index is 12.7. The summed E-state index contributed by atoms with van der Waals surface area (Å²) in [6.45, 7) is 6.00. The molecule has 47 heavy (non-hydrogen) atoms. The minimum atomic E-state index is -0.892. The fraction of sp³-hybridized carbons (Fsp3) is 0.868. The molecule has 1 rings (SSSR count). The van der Waals surface area contributed by atoms with E-state index >= 15 is 0 Å². The molecule has 1 aliphatic carbocycles. The zero-order valence-corrected chi connectivity index (χ0v) is 29.8. The van der Waals surface area contributed by atoms with E-state index in [-0.39, 0.29) is 50.4 Å². The number of rotatable bonds is 29. The number of ketones is 1. The second-order valence-electron chi connectivity index (χ2n) is 14.1. The van der Waals surface area contributed by atoms with E-state index < -0.39 is 48.9 Å². The van der Waals surface area contributed by atoms with Gasteiger partial charge >= 0.3 is 11.9 Å². The van der Waals surface area contributed by atoms with Gasteiger partial charge in [0.25, 0.3) is 0 Å². The molecule has 0 aliphatic heterocycles. The van der Waals surface area contributed by atoms with Gasteiger partial charge in [-0.05, 0) is 31.6 Å². The predicted octanol–water partition coefficient (Wildman–Crippen LogP) is 6.76. The minimum absolute atomic E-state index is 0.0433. The van der Waals surface area contributed by atoms with Crippen LogP contribution in [0.25, 0.3) is 0 Å². The third-order valence-electron chi connectivity index (χ3n) is 9.22. The summed E-state index contributed by atoms with van der Waals surface area (Å²) in [7, 11) is 0. The van der Waals surface area contributed by atoms with Crippen molar-refractivity contribution in [1.82, 2.24) is 0 Å². The molecular weight excluding hydrogens is 600 g/mol. The van der Waals surface area contributed by atoms with E-state index in [1.54, 1.807) is 12.2 Å². The van der Waals surface area contributed by atoms with Gasteiger partial charge in [0.1, 0.15) is 12.4 Å². The number of aliphatic hydroxyl groups is 4. The van der Waals surface area contributed by atoms with Crippen LogP contribution in [0.5, 0.6) is 0 Å². The summed E-state index contributed by atoms with van der Waals surface area (Å²) in [6.07, 6.45) is 17.7. The van der Waals surface area contributed by atoms with Gasteiger partial charge in [0, 0.05) is 43.9 Å². The molecule has 0 heterocycles. The number of ether oxygens (including phenoxy) is 2. The molecule has 0 aromatic heterocycles. The molecular formula is C38H68O9. The number of carbonyl (C=O) groups is 3. The fourth-order valence-electron chi connectivity index (χ4n) is 6.26. The summed E-state index contributed by atoms with van der Waals surface area (Å²) in [5.74, 6) is -0.926. The molecule has 0 aromatic carbocycles. The van der Waals surface area contributed by atoms with Crippen molar-refractivity contribution in [2.45, 2.75) is 180 Å². The van der Waals surface area contributed by atoms with Gasteiger partial charge in [-0.3, -0.25) is 14.4 Å². The molecule has 0 spiro atoms. The maximum atomic E-state index is 12.7. The van der Waals surface area contributed by atoms with Crippen molar-refractivity contribution in [1.29, 1.82) is 0 Å². The topological polar surface area (TPSA) is 151 Å².